The normalized spacial score (nSPS) is 11.8. The van der Waals surface area contributed by atoms with Gasteiger partial charge in [0.25, 0.3) is 0 Å². The topological polar surface area (TPSA) is 92.8 Å². The minimum atomic E-state index is -0.755. The quantitative estimate of drug-likeness (QED) is 0.718. The number of hydrogen-bond donors (Lipinski definition) is 2. The van der Waals surface area contributed by atoms with E-state index in [1.807, 2.05) is 18.2 Å². The van der Waals surface area contributed by atoms with Crippen LogP contribution in [0.2, 0.25) is 0 Å². The third kappa shape index (κ3) is 3.79. The Labute approximate surface area is 143 Å². The van der Waals surface area contributed by atoms with Crippen molar-refractivity contribution in [1.29, 1.82) is 0 Å². The number of hydrogen-bond acceptors (Lipinski definition) is 5. The lowest BCUT2D eigenvalue weighted by atomic mass is 9.97. The molecule has 2 aromatic carbocycles. The largest absolute Gasteiger partial charge is 0.496 e. The SMILES string of the molecule is COc1ccccc1C[C@@H](C(=O)Nc1ccccc1F)c1nn[nH]n1. The number of aromatic amines is 1. The molecule has 0 fully saturated rings. The number of anilines is 1. The van der Waals surface area contributed by atoms with Crippen molar-refractivity contribution in [2.24, 2.45) is 0 Å². The molecule has 3 rings (SSSR count). The Morgan fingerprint density at radius 2 is 2.00 bits per heavy atom. The van der Waals surface area contributed by atoms with Gasteiger partial charge in [-0.3, -0.25) is 4.79 Å². The van der Waals surface area contributed by atoms with E-state index < -0.39 is 17.6 Å². The van der Waals surface area contributed by atoms with Crippen LogP contribution >= 0.6 is 0 Å². The van der Waals surface area contributed by atoms with Crippen LogP contribution in [0.4, 0.5) is 10.1 Å². The molecule has 8 heteroatoms. The third-order valence-electron chi connectivity index (χ3n) is 3.74. The lowest BCUT2D eigenvalue weighted by molar-refractivity contribution is -0.117. The van der Waals surface area contributed by atoms with Gasteiger partial charge in [-0.25, -0.2) is 4.39 Å². The lowest BCUT2D eigenvalue weighted by Crippen LogP contribution is -2.24. The number of amides is 1. The molecule has 0 radical (unpaired) electrons. The predicted octanol–water partition coefficient (Wildman–Crippen LogP) is 2.31. The zero-order valence-electron chi connectivity index (χ0n) is 13.4. The number of halogens is 1. The number of methoxy groups -OCH3 is 1. The maximum absolute atomic E-state index is 13.8. The smallest absolute Gasteiger partial charge is 0.235 e. The van der Waals surface area contributed by atoms with Gasteiger partial charge >= 0.3 is 0 Å². The maximum Gasteiger partial charge on any atom is 0.235 e. The van der Waals surface area contributed by atoms with E-state index in [1.54, 1.807) is 25.3 Å². The Hall–Kier alpha value is -3.29. The minimum absolute atomic E-state index is 0.0982. The molecular weight excluding hydrogens is 325 g/mol. The number of rotatable bonds is 6. The highest BCUT2D eigenvalue weighted by Gasteiger charge is 2.27. The second-order valence-corrected chi connectivity index (χ2v) is 5.31. The predicted molar refractivity (Wildman–Crippen MR) is 88.6 cm³/mol. The van der Waals surface area contributed by atoms with E-state index in [9.17, 15) is 9.18 Å². The van der Waals surface area contributed by atoms with Gasteiger partial charge in [0.2, 0.25) is 5.91 Å². The Morgan fingerprint density at radius 1 is 1.24 bits per heavy atom. The van der Waals surface area contributed by atoms with Crippen LogP contribution in [-0.4, -0.2) is 33.6 Å². The number of nitrogens with zero attached hydrogens (tertiary/aromatic N) is 3. The van der Waals surface area contributed by atoms with Crippen LogP contribution in [0.3, 0.4) is 0 Å². The molecule has 3 aromatic rings. The van der Waals surface area contributed by atoms with Crippen LogP contribution in [0.5, 0.6) is 5.75 Å². The van der Waals surface area contributed by atoms with Crippen molar-refractivity contribution in [3.05, 3.63) is 65.7 Å². The summed E-state index contributed by atoms with van der Waals surface area (Å²) in [6.45, 7) is 0. The highest BCUT2D eigenvalue weighted by atomic mass is 19.1. The van der Waals surface area contributed by atoms with Crippen molar-refractivity contribution in [1.82, 2.24) is 20.6 Å². The standard InChI is InChI=1S/C17H16FN5O2/c1-25-15-9-5-2-6-11(15)10-12(16-20-22-23-21-16)17(24)19-14-8-4-3-7-13(14)18/h2-9,12H,10H2,1H3,(H,19,24)(H,20,21,22,23)/t12-/m1/s1. The Balaban J connectivity index is 1.88. The van der Waals surface area contributed by atoms with Gasteiger partial charge in [0.1, 0.15) is 17.5 Å². The van der Waals surface area contributed by atoms with Crippen molar-refractivity contribution in [3.8, 4) is 5.75 Å². The number of para-hydroxylation sites is 2. The molecule has 0 unspecified atom stereocenters. The van der Waals surface area contributed by atoms with E-state index in [-0.39, 0.29) is 17.9 Å². The van der Waals surface area contributed by atoms with Gasteiger partial charge in [-0.15, -0.1) is 10.2 Å². The zero-order valence-corrected chi connectivity index (χ0v) is 13.4. The van der Waals surface area contributed by atoms with Gasteiger partial charge in [0.15, 0.2) is 5.82 Å². The molecule has 1 heterocycles. The van der Waals surface area contributed by atoms with Crippen molar-refractivity contribution in [2.45, 2.75) is 12.3 Å². The summed E-state index contributed by atoms with van der Waals surface area (Å²) in [7, 11) is 1.56. The van der Waals surface area contributed by atoms with Gasteiger partial charge in [0, 0.05) is 0 Å². The fraction of sp³-hybridized carbons (Fsp3) is 0.176. The summed E-state index contributed by atoms with van der Waals surface area (Å²) in [5, 5.41) is 16.3. The number of ether oxygens (including phenoxy) is 1. The third-order valence-corrected chi connectivity index (χ3v) is 3.74. The van der Waals surface area contributed by atoms with E-state index in [0.29, 0.717) is 5.75 Å². The second-order valence-electron chi connectivity index (χ2n) is 5.31. The van der Waals surface area contributed by atoms with Crippen molar-refractivity contribution >= 4 is 11.6 Å². The van der Waals surface area contributed by atoms with Crippen LogP contribution in [0.15, 0.2) is 48.5 Å². The first kappa shape index (κ1) is 16.6. The number of benzene rings is 2. The Kier molecular flexibility index (Phi) is 4.98. The van der Waals surface area contributed by atoms with Gasteiger partial charge in [-0.05, 0) is 30.2 Å². The van der Waals surface area contributed by atoms with E-state index in [4.69, 9.17) is 4.74 Å². The Bertz CT molecular complexity index is 854. The number of nitrogens with one attached hydrogen (secondary N) is 2. The first-order chi connectivity index (χ1) is 12.2. The molecule has 0 saturated carbocycles. The first-order valence-corrected chi connectivity index (χ1v) is 7.59. The van der Waals surface area contributed by atoms with E-state index in [2.05, 4.69) is 25.9 Å². The molecule has 25 heavy (non-hydrogen) atoms. The molecule has 0 spiro atoms. The molecule has 2 N–H and O–H groups in total. The number of tetrazole rings is 1. The average molecular weight is 341 g/mol. The van der Waals surface area contributed by atoms with Gasteiger partial charge in [-0.1, -0.05) is 35.5 Å². The molecule has 1 atom stereocenters. The average Bonchev–Trinajstić information content (AvgIpc) is 3.16. The van der Waals surface area contributed by atoms with E-state index >= 15 is 0 Å². The van der Waals surface area contributed by atoms with E-state index in [1.165, 1.54) is 12.1 Å². The van der Waals surface area contributed by atoms with Crippen molar-refractivity contribution in [2.75, 3.05) is 12.4 Å². The molecular formula is C17H16FN5O2. The Morgan fingerprint density at radius 3 is 2.72 bits per heavy atom. The van der Waals surface area contributed by atoms with E-state index in [0.717, 1.165) is 5.56 Å². The van der Waals surface area contributed by atoms with Crippen LogP contribution in [0.1, 0.15) is 17.3 Å². The lowest BCUT2D eigenvalue weighted by Gasteiger charge is -2.16. The molecule has 7 nitrogen and oxygen atoms in total. The highest BCUT2D eigenvalue weighted by molar-refractivity contribution is 5.95. The number of aromatic nitrogens is 4. The molecule has 0 bridgehead atoms. The van der Waals surface area contributed by atoms with Gasteiger partial charge in [0.05, 0.1) is 12.8 Å². The van der Waals surface area contributed by atoms with Crippen LogP contribution < -0.4 is 10.1 Å². The molecule has 128 valence electrons. The fourth-order valence-electron chi connectivity index (χ4n) is 2.49. The fourth-order valence-corrected chi connectivity index (χ4v) is 2.49. The monoisotopic (exact) mass is 341 g/mol. The summed E-state index contributed by atoms with van der Waals surface area (Å²) in [5.74, 6) is -0.832. The molecule has 0 saturated heterocycles. The summed E-state index contributed by atoms with van der Waals surface area (Å²) in [6, 6.07) is 13.3. The summed E-state index contributed by atoms with van der Waals surface area (Å²) < 4.78 is 19.1. The van der Waals surface area contributed by atoms with Gasteiger partial charge in [-0.2, -0.15) is 5.21 Å². The van der Waals surface area contributed by atoms with Crippen LogP contribution in [0.25, 0.3) is 0 Å². The van der Waals surface area contributed by atoms with Crippen molar-refractivity contribution in [3.63, 3.8) is 0 Å². The number of H-pyrrole nitrogens is 1. The van der Waals surface area contributed by atoms with Crippen molar-refractivity contribution < 1.29 is 13.9 Å². The van der Waals surface area contributed by atoms with Crippen LogP contribution in [0, 0.1) is 5.82 Å². The maximum atomic E-state index is 13.8. The summed E-state index contributed by atoms with van der Waals surface area (Å²) in [4.78, 5) is 12.7. The molecule has 1 aromatic heterocycles. The first-order valence-electron chi connectivity index (χ1n) is 7.59. The van der Waals surface area contributed by atoms with Gasteiger partial charge < -0.3 is 10.1 Å². The highest BCUT2D eigenvalue weighted by Crippen LogP contribution is 2.26. The molecule has 0 aliphatic heterocycles. The minimum Gasteiger partial charge on any atom is -0.496 e. The summed E-state index contributed by atoms with van der Waals surface area (Å²) >= 11 is 0. The molecule has 1 amide bonds. The van der Waals surface area contributed by atoms with Crippen LogP contribution in [-0.2, 0) is 11.2 Å². The number of carbonyl (C=O) groups excluding carboxylic acids is 1. The number of carbonyl (C=O) groups is 1. The second kappa shape index (κ2) is 7.52. The molecule has 0 aliphatic rings. The summed E-state index contributed by atoms with van der Waals surface area (Å²) in [6.07, 6.45) is 0.282. The molecule has 0 aliphatic carbocycles. The zero-order chi connectivity index (χ0) is 17.6. The summed E-state index contributed by atoms with van der Waals surface area (Å²) in [5.41, 5.74) is 0.907.